The van der Waals surface area contributed by atoms with Crippen molar-refractivity contribution in [2.24, 2.45) is 17.4 Å². The predicted octanol–water partition coefficient (Wildman–Crippen LogP) is 1.42. The molecule has 0 radical (unpaired) electrons. The molecule has 7 N–H and O–H groups in total. The van der Waals surface area contributed by atoms with E-state index in [-0.39, 0.29) is 36.2 Å². The van der Waals surface area contributed by atoms with Crippen molar-refractivity contribution in [3.8, 4) is 0 Å². The van der Waals surface area contributed by atoms with Crippen LogP contribution in [0, 0.1) is 5.92 Å². The van der Waals surface area contributed by atoms with Crippen LogP contribution in [-0.2, 0) is 35.1 Å². The van der Waals surface area contributed by atoms with Gasteiger partial charge in [0.2, 0.25) is 22.8 Å². The topological polar surface area (TPSA) is 183 Å². The molecule has 0 fully saturated rings. The van der Waals surface area contributed by atoms with Gasteiger partial charge in [-0.05, 0) is 51.1 Å². The number of ether oxygens (including phenoxy) is 1. The van der Waals surface area contributed by atoms with E-state index in [1.165, 1.54) is 6.92 Å². The number of thioether (sulfide) groups is 1. The van der Waals surface area contributed by atoms with E-state index in [2.05, 4.69) is 16.0 Å². The van der Waals surface area contributed by atoms with Crippen molar-refractivity contribution in [1.29, 1.82) is 0 Å². The van der Waals surface area contributed by atoms with Gasteiger partial charge in [-0.25, -0.2) is 0 Å². The quantitative estimate of drug-likeness (QED) is 0.117. The Morgan fingerprint density at radius 1 is 0.902 bits per heavy atom. The van der Waals surface area contributed by atoms with Crippen molar-refractivity contribution in [2.75, 3.05) is 18.9 Å². The Labute approximate surface area is 247 Å². The SMILES string of the molecule is CCOC(=O)CCSC(=O)[C@H](CCCCN)NC(=O)[C@@H](NC(=O)[C@H](Cc1ccccc1)NC(=O)[C@H](C)N)[C@@H](C)CC. The lowest BCUT2D eigenvalue weighted by molar-refractivity contribution is -0.142. The monoisotopic (exact) mass is 593 g/mol. The fraction of sp³-hybridized carbons (Fsp3) is 0.621. The van der Waals surface area contributed by atoms with Crippen molar-refractivity contribution < 1.29 is 28.7 Å². The molecule has 1 aromatic carbocycles. The van der Waals surface area contributed by atoms with Crippen molar-refractivity contribution in [2.45, 2.75) is 90.4 Å². The van der Waals surface area contributed by atoms with Gasteiger partial charge < -0.3 is 32.2 Å². The first-order chi connectivity index (χ1) is 19.5. The summed E-state index contributed by atoms with van der Waals surface area (Å²) < 4.78 is 4.91. The zero-order valence-electron chi connectivity index (χ0n) is 24.6. The molecule has 0 spiro atoms. The van der Waals surface area contributed by atoms with Crippen molar-refractivity contribution in [3.05, 3.63) is 35.9 Å². The van der Waals surface area contributed by atoms with E-state index in [0.717, 1.165) is 17.3 Å². The van der Waals surface area contributed by atoms with Crippen molar-refractivity contribution in [1.82, 2.24) is 16.0 Å². The van der Waals surface area contributed by atoms with Crippen LogP contribution in [0.25, 0.3) is 0 Å². The number of carbonyl (C=O) groups excluding carboxylic acids is 5. The van der Waals surface area contributed by atoms with Crippen LogP contribution in [0.1, 0.15) is 65.4 Å². The fourth-order valence-corrected chi connectivity index (χ4v) is 4.74. The molecule has 0 aromatic heterocycles. The average molecular weight is 594 g/mol. The molecule has 12 heteroatoms. The molecule has 1 rings (SSSR count). The van der Waals surface area contributed by atoms with Crippen LogP contribution in [0.5, 0.6) is 0 Å². The number of unbranched alkanes of at least 4 members (excludes halogenated alkanes) is 1. The minimum absolute atomic E-state index is 0.0786. The Morgan fingerprint density at radius 2 is 1.56 bits per heavy atom. The number of nitrogens with one attached hydrogen (secondary N) is 3. The zero-order valence-corrected chi connectivity index (χ0v) is 25.5. The number of esters is 1. The highest BCUT2D eigenvalue weighted by atomic mass is 32.2. The summed E-state index contributed by atoms with van der Waals surface area (Å²) in [5.74, 6) is -1.95. The number of rotatable bonds is 19. The maximum atomic E-state index is 13.5. The Morgan fingerprint density at radius 3 is 2.15 bits per heavy atom. The highest BCUT2D eigenvalue weighted by molar-refractivity contribution is 8.13. The normalized spacial score (nSPS) is 14.6. The second-order valence-electron chi connectivity index (χ2n) is 9.98. The van der Waals surface area contributed by atoms with Gasteiger partial charge >= 0.3 is 5.97 Å². The van der Waals surface area contributed by atoms with E-state index >= 15 is 0 Å². The summed E-state index contributed by atoms with van der Waals surface area (Å²) >= 11 is 0.962. The molecule has 0 heterocycles. The molecule has 0 saturated heterocycles. The van der Waals surface area contributed by atoms with Crippen LogP contribution in [-0.4, -0.2) is 71.9 Å². The molecule has 0 aliphatic carbocycles. The Kier molecular flexibility index (Phi) is 17.6. The Hall–Kier alpha value is -2.96. The summed E-state index contributed by atoms with van der Waals surface area (Å²) in [5.41, 5.74) is 12.2. The highest BCUT2D eigenvalue weighted by Gasteiger charge is 2.32. The molecule has 0 saturated carbocycles. The van der Waals surface area contributed by atoms with Crippen LogP contribution in [0.4, 0.5) is 0 Å². The molecule has 230 valence electrons. The van der Waals surface area contributed by atoms with Gasteiger partial charge in [-0.1, -0.05) is 62.4 Å². The van der Waals surface area contributed by atoms with Gasteiger partial charge in [0.1, 0.15) is 12.1 Å². The van der Waals surface area contributed by atoms with Crippen LogP contribution in [0.2, 0.25) is 0 Å². The first kappa shape index (κ1) is 36.1. The first-order valence-electron chi connectivity index (χ1n) is 14.3. The van der Waals surface area contributed by atoms with E-state index in [9.17, 15) is 24.0 Å². The van der Waals surface area contributed by atoms with Gasteiger partial charge in [0.05, 0.1) is 25.1 Å². The molecular weight excluding hydrogens is 546 g/mol. The van der Waals surface area contributed by atoms with Crippen molar-refractivity contribution >= 4 is 40.6 Å². The summed E-state index contributed by atoms with van der Waals surface area (Å²) in [4.78, 5) is 64.0. The third-order valence-corrected chi connectivity index (χ3v) is 7.50. The number of hydrogen-bond donors (Lipinski definition) is 5. The van der Waals surface area contributed by atoms with Crippen LogP contribution in [0.3, 0.4) is 0 Å². The molecule has 0 bridgehead atoms. The van der Waals surface area contributed by atoms with Gasteiger partial charge in [-0.3, -0.25) is 24.0 Å². The largest absolute Gasteiger partial charge is 0.466 e. The van der Waals surface area contributed by atoms with Gasteiger partial charge in [0.25, 0.3) is 0 Å². The summed E-state index contributed by atoms with van der Waals surface area (Å²) in [6, 6.07) is 5.65. The molecule has 5 atom stereocenters. The lowest BCUT2D eigenvalue weighted by atomic mass is 9.96. The van der Waals surface area contributed by atoms with Gasteiger partial charge in [-0.15, -0.1) is 0 Å². The molecule has 1 aromatic rings. The van der Waals surface area contributed by atoms with E-state index in [1.54, 1.807) is 6.92 Å². The van der Waals surface area contributed by atoms with E-state index in [0.29, 0.717) is 32.2 Å². The van der Waals surface area contributed by atoms with Crippen LogP contribution >= 0.6 is 11.8 Å². The number of benzene rings is 1. The zero-order chi connectivity index (χ0) is 30.8. The van der Waals surface area contributed by atoms with E-state index in [1.807, 2.05) is 44.2 Å². The fourth-order valence-electron chi connectivity index (χ4n) is 3.89. The smallest absolute Gasteiger partial charge is 0.306 e. The lowest BCUT2D eigenvalue weighted by Gasteiger charge is -2.28. The molecule has 11 nitrogen and oxygen atoms in total. The summed E-state index contributed by atoms with van der Waals surface area (Å²) in [6.45, 7) is 7.67. The third kappa shape index (κ3) is 14.0. The van der Waals surface area contributed by atoms with Gasteiger partial charge in [0, 0.05) is 12.2 Å². The average Bonchev–Trinajstić information content (AvgIpc) is 2.94. The maximum Gasteiger partial charge on any atom is 0.306 e. The van der Waals surface area contributed by atoms with Gasteiger partial charge in [0.15, 0.2) is 0 Å². The summed E-state index contributed by atoms with van der Waals surface area (Å²) in [5, 5.41) is 8.04. The number of hydrogen-bond acceptors (Lipinski definition) is 9. The number of nitrogens with two attached hydrogens (primary N) is 2. The van der Waals surface area contributed by atoms with E-state index in [4.69, 9.17) is 16.2 Å². The van der Waals surface area contributed by atoms with Crippen LogP contribution in [0.15, 0.2) is 30.3 Å². The summed E-state index contributed by atoms with van der Waals surface area (Å²) in [7, 11) is 0. The van der Waals surface area contributed by atoms with Gasteiger partial charge in [-0.2, -0.15) is 0 Å². The standard InChI is InChI=1S/C29H47N5O6S/c1-5-19(3)25(34-27(37)23(33-26(36)20(4)31)18-21-12-8-7-9-13-21)28(38)32-22(14-10-11-16-30)29(39)41-17-15-24(35)40-6-2/h7-9,12-13,19-20,22-23,25H,5-6,10-11,14-18,30-31H2,1-4H3,(H,32,38)(H,33,36)(H,34,37)/t19-,20-,22-,23-,25-/m0/s1. The third-order valence-electron chi connectivity index (χ3n) is 6.53. The Balaban J connectivity index is 3.06. The second kappa shape index (κ2) is 20.0. The minimum Gasteiger partial charge on any atom is -0.466 e. The number of amides is 3. The maximum absolute atomic E-state index is 13.5. The summed E-state index contributed by atoms with van der Waals surface area (Å²) in [6.07, 6.45) is 2.53. The number of carbonyl (C=O) groups is 5. The molecule has 0 aliphatic heterocycles. The first-order valence-corrected chi connectivity index (χ1v) is 15.2. The molecular formula is C29H47N5O6S. The van der Waals surface area contributed by atoms with E-state index < -0.39 is 47.9 Å². The second-order valence-corrected chi connectivity index (χ2v) is 11.1. The molecule has 3 amide bonds. The molecule has 0 aliphatic rings. The minimum atomic E-state index is -0.962. The van der Waals surface area contributed by atoms with Crippen LogP contribution < -0.4 is 27.4 Å². The molecule has 41 heavy (non-hydrogen) atoms. The lowest BCUT2D eigenvalue weighted by Crippen LogP contribution is -2.58. The van der Waals surface area contributed by atoms with Crippen molar-refractivity contribution in [3.63, 3.8) is 0 Å². The highest BCUT2D eigenvalue weighted by Crippen LogP contribution is 2.15. The Bertz CT molecular complexity index is 978. The molecule has 0 unspecified atom stereocenters. The predicted molar refractivity (Wildman–Crippen MR) is 161 cm³/mol.